The number of aromatic carboxylic acids is 1. The van der Waals surface area contributed by atoms with Crippen LogP contribution in [0.15, 0.2) is 54.9 Å². The Kier molecular flexibility index (Phi) is 7.56. The Hall–Kier alpha value is -3.45. The fourth-order valence-electron chi connectivity index (χ4n) is 3.22. The normalized spacial score (nSPS) is 10.8. The molecule has 2 aromatic carbocycles. The number of nitrogens with zero attached hydrogens (tertiary/aromatic N) is 3. The first-order chi connectivity index (χ1) is 15.0. The number of ether oxygens (including phenoxy) is 1. The monoisotopic (exact) mass is 420 g/mol. The molecule has 0 saturated carbocycles. The van der Waals surface area contributed by atoms with Crippen molar-refractivity contribution in [1.29, 1.82) is 0 Å². The van der Waals surface area contributed by atoms with Crippen LogP contribution in [0.1, 0.15) is 29.8 Å². The van der Waals surface area contributed by atoms with E-state index in [2.05, 4.69) is 34.0 Å². The van der Waals surface area contributed by atoms with Gasteiger partial charge in [-0.2, -0.15) is 0 Å². The molecule has 0 spiro atoms. The van der Waals surface area contributed by atoms with Gasteiger partial charge >= 0.3 is 5.97 Å². The molecule has 7 heteroatoms. The summed E-state index contributed by atoms with van der Waals surface area (Å²) in [5.74, 6) is 0.382. The summed E-state index contributed by atoms with van der Waals surface area (Å²) >= 11 is 0. The van der Waals surface area contributed by atoms with Crippen LogP contribution in [0.5, 0.6) is 5.75 Å². The number of rotatable bonds is 10. The largest absolute Gasteiger partial charge is 0.492 e. The molecule has 0 aliphatic heterocycles. The third-order valence-electron chi connectivity index (χ3n) is 5.12. The number of likely N-dealkylation sites (N-methyl/N-ethyl adjacent to an activating group) is 1. The number of carbonyl (C=O) groups is 1. The maximum Gasteiger partial charge on any atom is 0.335 e. The molecule has 0 aliphatic rings. The second-order valence-corrected chi connectivity index (χ2v) is 7.15. The van der Waals surface area contributed by atoms with Crippen molar-refractivity contribution in [2.75, 3.05) is 31.6 Å². The topological polar surface area (TPSA) is 87.6 Å². The van der Waals surface area contributed by atoms with Gasteiger partial charge in [0.25, 0.3) is 0 Å². The predicted octanol–water partition coefficient (Wildman–Crippen LogP) is 4.61. The molecule has 3 rings (SSSR count). The molecule has 162 valence electrons. The zero-order valence-electron chi connectivity index (χ0n) is 18.1. The highest BCUT2D eigenvalue weighted by Gasteiger charge is 2.09. The Balaban J connectivity index is 1.58. The minimum absolute atomic E-state index is 0.295. The Morgan fingerprint density at radius 2 is 1.71 bits per heavy atom. The van der Waals surface area contributed by atoms with Crippen LogP contribution in [-0.2, 0) is 0 Å². The molecule has 0 amide bonds. The van der Waals surface area contributed by atoms with Crippen LogP contribution in [0.3, 0.4) is 0 Å². The highest BCUT2D eigenvalue weighted by atomic mass is 16.5. The van der Waals surface area contributed by atoms with E-state index in [1.54, 1.807) is 31.5 Å². The van der Waals surface area contributed by atoms with Crippen LogP contribution in [0, 0.1) is 6.92 Å². The third kappa shape index (κ3) is 6.02. The van der Waals surface area contributed by atoms with Gasteiger partial charge in [-0.25, -0.2) is 14.8 Å². The molecule has 0 fully saturated rings. The summed E-state index contributed by atoms with van der Waals surface area (Å²) in [6.45, 7) is 9.69. The van der Waals surface area contributed by atoms with Gasteiger partial charge in [-0.3, -0.25) is 0 Å². The molecule has 7 nitrogen and oxygen atoms in total. The number of benzene rings is 2. The Morgan fingerprint density at radius 3 is 2.29 bits per heavy atom. The van der Waals surface area contributed by atoms with Gasteiger partial charge in [0, 0.05) is 30.2 Å². The average molecular weight is 421 g/mol. The summed E-state index contributed by atoms with van der Waals surface area (Å²) in [6.07, 6.45) is 3.44. The maximum absolute atomic E-state index is 11.2. The number of hydrogen-bond donors (Lipinski definition) is 2. The Bertz CT molecular complexity index is 1000. The first-order valence-electron chi connectivity index (χ1n) is 10.4. The van der Waals surface area contributed by atoms with Gasteiger partial charge in [-0.05, 0) is 61.5 Å². The lowest BCUT2D eigenvalue weighted by Crippen LogP contribution is -2.27. The lowest BCUT2D eigenvalue weighted by Gasteiger charge is -2.18. The summed E-state index contributed by atoms with van der Waals surface area (Å²) in [7, 11) is 0. The summed E-state index contributed by atoms with van der Waals surface area (Å²) < 4.78 is 5.81. The fourth-order valence-corrected chi connectivity index (χ4v) is 3.22. The van der Waals surface area contributed by atoms with E-state index in [0.717, 1.165) is 42.2 Å². The van der Waals surface area contributed by atoms with E-state index in [-0.39, 0.29) is 0 Å². The highest BCUT2D eigenvalue weighted by Crippen LogP contribution is 2.23. The van der Waals surface area contributed by atoms with Crippen molar-refractivity contribution < 1.29 is 14.6 Å². The fraction of sp³-hybridized carbons (Fsp3) is 0.292. The van der Waals surface area contributed by atoms with Crippen LogP contribution >= 0.6 is 0 Å². The number of hydrogen-bond acceptors (Lipinski definition) is 6. The quantitative estimate of drug-likeness (QED) is 0.495. The van der Waals surface area contributed by atoms with E-state index in [0.29, 0.717) is 23.7 Å². The molecule has 31 heavy (non-hydrogen) atoms. The second kappa shape index (κ2) is 10.5. The van der Waals surface area contributed by atoms with Crippen molar-refractivity contribution in [2.45, 2.75) is 20.8 Å². The highest BCUT2D eigenvalue weighted by molar-refractivity contribution is 5.90. The van der Waals surface area contributed by atoms with E-state index in [1.165, 1.54) is 0 Å². The third-order valence-corrected chi connectivity index (χ3v) is 5.12. The van der Waals surface area contributed by atoms with Gasteiger partial charge < -0.3 is 20.1 Å². The predicted molar refractivity (Wildman–Crippen MR) is 122 cm³/mol. The Labute approximate surface area is 182 Å². The number of carboxylic acid groups (broad SMARTS) is 1. The zero-order chi connectivity index (χ0) is 22.2. The minimum atomic E-state index is -0.930. The molecule has 0 atom stereocenters. The summed E-state index contributed by atoms with van der Waals surface area (Å²) in [4.78, 5) is 22.2. The van der Waals surface area contributed by atoms with Crippen LogP contribution in [0.25, 0.3) is 11.1 Å². The smallest absolute Gasteiger partial charge is 0.335 e. The van der Waals surface area contributed by atoms with Crippen molar-refractivity contribution in [2.24, 2.45) is 0 Å². The molecular weight excluding hydrogens is 392 g/mol. The van der Waals surface area contributed by atoms with Gasteiger partial charge in [0.15, 0.2) is 0 Å². The van der Waals surface area contributed by atoms with E-state index in [1.807, 2.05) is 30.3 Å². The molecule has 0 bridgehead atoms. The number of carboxylic acids is 1. The van der Waals surface area contributed by atoms with Gasteiger partial charge in [0.2, 0.25) is 5.95 Å². The van der Waals surface area contributed by atoms with Gasteiger partial charge in [-0.1, -0.05) is 26.0 Å². The number of aromatic nitrogens is 2. The van der Waals surface area contributed by atoms with Crippen LogP contribution in [0.2, 0.25) is 0 Å². The van der Waals surface area contributed by atoms with E-state index < -0.39 is 5.97 Å². The van der Waals surface area contributed by atoms with Crippen molar-refractivity contribution in [3.8, 4) is 16.9 Å². The molecule has 0 aliphatic carbocycles. The molecule has 0 unspecified atom stereocenters. The van der Waals surface area contributed by atoms with Crippen molar-refractivity contribution in [3.63, 3.8) is 0 Å². The van der Waals surface area contributed by atoms with Crippen molar-refractivity contribution in [3.05, 3.63) is 66.0 Å². The number of aryl methyl sites for hydroxylation is 1. The van der Waals surface area contributed by atoms with Gasteiger partial charge in [0.05, 0.1) is 5.56 Å². The molecule has 3 aromatic rings. The van der Waals surface area contributed by atoms with Crippen LogP contribution in [-0.4, -0.2) is 52.2 Å². The van der Waals surface area contributed by atoms with E-state index in [9.17, 15) is 4.79 Å². The van der Waals surface area contributed by atoms with Crippen LogP contribution < -0.4 is 10.1 Å². The lowest BCUT2D eigenvalue weighted by atomic mass is 10.0. The molecule has 2 N–H and O–H groups in total. The number of anilines is 2. The van der Waals surface area contributed by atoms with Gasteiger partial charge in [-0.15, -0.1) is 0 Å². The first kappa shape index (κ1) is 22.2. The lowest BCUT2D eigenvalue weighted by molar-refractivity contribution is 0.0696. The van der Waals surface area contributed by atoms with Crippen molar-refractivity contribution >= 4 is 17.6 Å². The first-order valence-corrected chi connectivity index (χ1v) is 10.4. The average Bonchev–Trinajstić information content (AvgIpc) is 2.78. The Morgan fingerprint density at radius 1 is 1.03 bits per heavy atom. The van der Waals surface area contributed by atoms with Gasteiger partial charge in [0.1, 0.15) is 12.4 Å². The molecular formula is C24H28N4O3. The minimum Gasteiger partial charge on any atom is -0.492 e. The van der Waals surface area contributed by atoms with Crippen molar-refractivity contribution in [1.82, 2.24) is 14.9 Å². The molecule has 1 heterocycles. The SMILES string of the molecule is CCN(CC)CCOc1ccc(Nc2ncc(-c3ccc(C(=O)O)c(C)c3)cn2)cc1. The zero-order valence-corrected chi connectivity index (χ0v) is 18.1. The maximum atomic E-state index is 11.2. The van der Waals surface area contributed by atoms with Crippen LogP contribution in [0.4, 0.5) is 11.6 Å². The molecule has 0 saturated heterocycles. The van der Waals surface area contributed by atoms with E-state index in [4.69, 9.17) is 9.84 Å². The molecule has 1 aromatic heterocycles. The second-order valence-electron chi connectivity index (χ2n) is 7.15. The summed E-state index contributed by atoms with van der Waals surface area (Å²) in [6, 6.07) is 12.9. The molecule has 0 radical (unpaired) electrons. The standard InChI is InChI=1S/C24H28N4O3/c1-4-28(5-2)12-13-31-21-9-7-20(8-10-21)27-24-25-15-19(16-26-24)18-6-11-22(23(29)30)17(3)14-18/h6-11,14-16H,4-5,12-13H2,1-3H3,(H,29,30)(H,25,26,27). The summed E-state index contributed by atoms with van der Waals surface area (Å²) in [5, 5.41) is 12.3. The summed E-state index contributed by atoms with van der Waals surface area (Å²) in [5.41, 5.74) is 3.56. The number of nitrogens with one attached hydrogen (secondary N) is 1. The van der Waals surface area contributed by atoms with E-state index >= 15 is 0 Å².